The summed E-state index contributed by atoms with van der Waals surface area (Å²) in [5.74, 6) is -1.66. The molecule has 0 fully saturated rings. The average molecular weight is 286 g/mol. The summed E-state index contributed by atoms with van der Waals surface area (Å²) >= 11 is 0. The molecular weight excluding hydrogens is 271 g/mol. The number of hydrogen-bond acceptors (Lipinski definition) is 5. The lowest BCUT2D eigenvalue weighted by atomic mass is 10.1. The average Bonchev–Trinajstić information content (AvgIpc) is 2.38. The summed E-state index contributed by atoms with van der Waals surface area (Å²) in [7, 11) is 1.45. The van der Waals surface area contributed by atoms with Crippen molar-refractivity contribution in [3.05, 3.63) is 39.7 Å². The first kappa shape index (κ1) is 16.0. The Morgan fingerprint density at radius 1 is 1.60 bits per heavy atom. The summed E-state index contributed by atoms with van der Waals surface area (Å²) in [5, 5.41) is 21.9. The number of aliphatic hydroxyl groups is 1. The van der Waals surface area contributed by atoms with Gasteiger partial charge in [0.05, 0.1) is 17.6 Å². The lowest BCUT2D eigenvalue weighted by Gasteiger charge is -2.16. The number of ether oxygens (including phenoxy) is 1. The summed E-state index contributed by atoms with van der Waals surface area (Å²) in [6.45, 7) is 0.0602. The van der Waals surface area contributed by atoms with E-state index in [2.05, 4.69) is 5.32 Å². The van der Waals surface area contributed by atoms with Gasteiger partial charge >= 0.3 is 5.69 Å². The van der Waals surface area contributed by atoms with Crippen molar-refractivity contribution in [2.24, 2.45) is 0 Å². The number of carbonyl (C=O) groups excluding carboxylic acids is 1. The van der Waals surface area contributed by atoms with Crippen LogP contribution in [0.5, 0.6) is 0 Å². The van der Waals surface area contributed by atoms with Crippen molar-refractivity contribution in [2.75, 3.05) is 20.3 Å². The van der Waals surface area contributed by atoms with Crippen LogP contribution in [0.4, 0.5) is 10.1 Å². The Bertz CT molecular complexity index is 489. The summed E-state index contributed by atoms with van der Waals surface area (Å²) < 4.78 is 18.3. The zero-order valence-electron chi connectivity index (χ0n) is 10.8. The van der Waals surface area contributed by atoms with Gasteiger partial charge in [0, 0.05) is 25.3 Å². The minimum absolute atomic E-state index is 0.0351. The maximum absolute atomic E-state index is 13.4. The molecule has 1 aromatic rings. The number of methoxy groups -OCH3 is 1. The van der Waals surface area contributed by atoms with Crippen LogP contribution in [0.25, 0.3) is 0 Å². The molecule has 0 heterocycles. The molecule has 0 saturated carbocycles. The molecular formula is C12H15FN2O5. The van der Waals surface area contributed by atoms with Crippen molar-refractivity contribution < 1.29 is 24.0 Å². The highest BCUT2D eigenvalue weighted by atomic mass is 19.1. The van der Waals surface area contributed by atoms with E-state index < -0.39 is 28.4 Å². The fourth-order valence-electron chi connectivity index (χ4n) is 1.62. The number of benzene rings is 1. The highest BCUT2D eigenvalue weighted by Gasteiger charge is 2.18. The molecule has 0 spiro atoms. The molecule has 110 valence electrons. The van der Waals surface area contributed by atoms with Crippen LogP contribution in [0.3, 0.4) is 0 Å². The lowest BCUT2D eigenvalue weighted by Crippen LogP contribution is -2.38. The van der Waals surface area contributed by atoms with Gasteiger partial charge in [-0.25, -0.2) is 0 Å². The molecule has 0 aliphatic carbocycles. The second kappa shape index (κ2) is 7.51. The number of amides is 1. The number of carbonyl (C=O) groups is 1. The van der Waals surface area contributed by atoms with Gasteiger partial charge in [0.1, 0.15) is 0 Å². The van der Waals surface area contributed by atoms with Gasteiger partial charge in [-0.05, 0) is 18.6 Å². The van der Waals surface area contributed by atoms with E-state index in [-0.39, 0.29) is 25.2 Å². The predicted octanol–water partition coefficient (Wildman–Crippen LogP) is 0.861. The number of aliphatic hydroxyl groups excluding tert-OH is 1. The van der Waals surface area contributed by atoms with Crippen molar-refractivity contribution in [2.45, 2.75) is 12.5 Å². The van der Waals surface area contributed by atoms with Gasteiger partial charge in [0.15, 0.2) is 0 Å². The molecule has 1 rings (SSSR count). The fourth-order valence-corrected chi connectivity index (χ4v) is 1.62. The maximum Gasteiger partial charge on any atom is 0.304 e. The van der Waals surface area contributed by atoms with E-state index in [0.29, 0.717) is 0 Å². The van der Waals surface area contributed by atoms with E-state index in [9.17, 15) is 19.3 Å². The van der Waals surface area contributed by atoms with E-state index in [1.165, 1.54) is 13.2 Å². The molecule has 20 heavy (non-hydrogen) atoms. The first-order chi connectivity index (χ1) is 9.49. The van der Waals surface area contributed by atoms with Gasteiger partial charge in [0.2, 0.25) is 5.82 Å². The normalized spacial score (nSPS) is 11.9. The molecule has 0 radical (unpaired) electrons. The molecule has 0 aliphatic heterocycles. The van der Waals surface area contributed by atoms with Crippen LogP contribution in [-0.2, 0) is 4.74 Å². The number of hydrogen-bond donors (Lipinski definition) is 2. The number of rotatable bonds is 7. The first-order valence-corrected chi connectivity index (χ1v) is 5.84. The molecule has 0 aromatic heterocycles. The van der Waals surface area contributed by atoms with Crippen molar-refractivity contribution in [3.8, 4) is 0 Å². The van der Waals surface area contributed by atoms with E-state index in [1.807, 2.05) is 0 Å². The predicted molar refractivity (Wildman–Crippen MR) is 67.9 cm³/mol. The SMILES string of the molecule is COCC(CCO)NC(=O)c1ccc([N+](=O)[O-])c(F)c1. The number of nitrogens with zero attached hydrogens (tertiary/aromatic N) is 1. The third kappa shape index (κ3) is 4.25. The van der Waals surface area contributed by atoms with Crippen molar-refractivity contribution in [3.63, 3.8) is 0 Å². The maximum atomic E-state index is 13.4. The Morgan fingerprint density at radius 2 is 2.30 bits per heavy atom. The largest absolute Gasteiger partial charge is 0.396 e. The van der Waals surface area contributed by atoms with Crippen LogP contribution in [0, 0.1) is 15.9 Å². The smallest absolute Gasteiger partial charge is 0.304 e. The number of nitro benzene ring substituents is 1. The minimum Gasteiger partial charge on any atom is -0.396 e. The van der Waals surface area contributed by atoms with Gasteiger partial charge in [-0.3, -0.25) is 14.9 Å². The topological polar surface area (TPSA) is 102 Å². The standard InChI is InChI=1S/C12H15FN2O5/c1-20-7-9(4-5-16)14-12(17)8-2-3-11(15(18)19)10(13)6-8/h2-3,6,9,16H,4-5,7H2,1H3,(H,14,17). The van der Waals surface area contributed by atoms with Gasteiger partial charge in [0.25, 0.3) is 5.91 Å². The number of halogens is 1. The summed E-state index contributed by atoms with van der Waals surface area (Å²) in [4.78, 5) is 21.5. The lowest BCUT2D eigenvalue weighted by molar-refractivity contribution is -0.387. The molecule has 0 aliphatic rings. The Balaban J connectivity index is 2.81. The Hall–Kier alpha value is -2.06. The van der Waals surface area contributed by atoms with Gasteiger partial charge < -0.3 is 15.2 Å². The minimum atomic E-state index is -1.08. The molecule has 1 amide bonds. The molecule has 1 aromatic carbocycles. The monoisotopic (exact) mass is 286 g/mol. The van der Waals surface area contributed by atoms with E-state index >= 15 is 0 Å². The summed E-state index contributed by atoms with van der Waals surface area (Å²) in [6.07, 6.45) is 0.287. The highest BCUT2D eigenvalue weighted by Crippen LogP contribution is 2.18. The molecule has 0 bridgehead atoms. The number of nitro groups is 1. The molecule has 2 N–H and O–H groups in total. The van der Waals surface area contributed by atoms with Crippen molar-refractivity contribution in [1.82, 2.24) is 5.32 Å². The second-order valence-electron chi connectivity index (χ2n) is 4.06. The van der Waals surface area contributed by atoms with E-state index in [1.54, 1.807) is 0 Å². The first-order valence-electron chi connectivity index (χ1n) is 5.84. The van der Waals surface area contributed by atoms with E-state index in [0.717, 1.165) is 12.1 Å². The fraction of sp³-hybridized carbons (Fsp3) is 0.417. The summed E-state index contributed by atoms with van der Waals surface area (Å²) in [6, 6.07) is 2.48. The third-order valence-corrected chi connectivity index (χ3v) is 2.59. The van der Waals surface area contributed by atoms with Crippen LogP contribution in [0.1, 0.15) is 16.8 Å². The van der Waals surface area contributed by atoms with Gasteiger partial charge in [-0.1, -0.05) is 0 Å². The van der Waals surface area contributed by atoms with Crippen LogP contribution in [0.2, 0.25) is 0 Å². The second-order valence-corrected chi connectivity index (χ2v) is 4.06. The highest BCUT2D eigenvalue weighted by molar-refractivity contribution is 5.94. The van der Waals surface area contributed by atoms with Gasteiger partial charge in [-0.2, -0.15) is 4.39 Å². The van der Waals surface area contributed by atoms with Crippen LogP contribution >= 0.6 is 0 Å². The van der Waals surface area contributed by atoms with Gasteiger partial charge in [-0.15, -0.1) is 0 Å². The zero-order valence-corrected chi connectivity index (χ0v) is 10.8. The molecule has 8 heteroatoms. The molecule has 1 unspecified atom stereocenters. The summed E-state index contributed by atoms with van der Waals surface area (Å²) in [5.41, 5.74) is -0.725. The van der Waals surface area contributed by atoms with Crippen LogP contribution in [-0.4, -0.2) is 42.3 Å². The Labute approximate surface area is 114 Å². The Kier molecular flexibility index (Phi) is 6.01. The van der Waals surface area contributed by atoms with E-state index in [4.69, 9.17) is 9.84 Å². The quantitative estimate of drug-likeness (QED) is 0.572. The molecule has 7 nitrogen and oxygen atoms in total. The van der Waals surface area contributed by atoms with Crippen LogP contribution in [0.15, 0.2) is 18.2 Å². The van der Waals surface area contributed by atoms with Crippen molar-refractivity contribution in [1.29, 1.82) is 0 Å². The molecule has 1 atom stereocenters. The zero-order chi connectivity index (χ0) is 15.1. The van der Waals surface area contributed by atoms with Crippen LogP contribution < -0.4 is 5.32 Å². The molecule has 0 saturated heterocycles. The van der Waals surface area contributed by atoms with Crippen molar-refractivity contribution >= 4 is 11.6 Å². The third-order valence-electron chi connectivity index (χ3n) is 2.59. The number of nitrogens with one attached hydrogen (secondary N) is 1. The Morgan fingerprint density at radius 3 is 2.80 bits per heavy atom.